The maximum atomic E-state index is 12.0. The molecule has 2 aliphatic heterocycles. The van der Waals surface area contributed by atoms with Crippen LogP contribution in [0.1, 0.15) is 32.1 Å². The van der Waals surface area contributed by atoms with Gasteiger partial charge < -0.3 is 10.4 Å². The van der Waals surface area contributed by atoms with E-state index in [0.717, 1.165) is 19.3 Å². The summed E-state index contributed by atoms with van der Waals surface area (Å²) in [6.45, 7) is 0.864. The van der Waals surface area contributed by atoms with Crippen LogP contribution in [0.5, 0.6) is 0 Å². The van der Waals surface area contributed by atoms with Crippen LogP contribution in [0.3, 0.4) is 0 Å². The van der Waals surface area contributed by atoms with Gasteiger partial charge >= 0.3 is 5.97 Å². The summed E-state index contributed by atoms with van der Waals surface area (Å²) in [5, 5.41) is 11.7. The molecule has 0 aromatic carbocycles. The van der Waals surface area contributed by atoms with Gasteiger partial charge in [-0.3, -0.25) is 14.5 Å². The Balaban J connectivity index is 1.84. The Hall–Kier alpha value is -1.15. The predicted molar refractivity (Wildman–Crippen MR) is 76.7 cm³/mol. The lowest BCUT2D eigenvalue weighted by molar-refractivity contribution is -0.139. The van der Waals surface area contributed by atoms with Crippen molar-refractivity contribution >= 4 is 21.7 Å². The number of carboxylic acids is 1. The van der Waals surface area contributed by atoms with E-state index in [1.807, 2.05) is 4.90 Å². The zero-order chi connectivity index (χ0) is 15.5. The van der Waals surface area contributed by atoms with Gasteiger partial charge in [0.2, 0.25) is 5.91 Å². The molecule has 0 aromatic heterocycles. The summed E-state index contributed by atoms with van der Waals surface area (Å²) < 4.78 is 22.7. The number of hydrogen-bond donors (Lipinski definition) is 2. The molecule has 2 N–H and O–H groups in total. The molecule has 2 heterocycles. The van der Waals surface area contributed by atoms with Gasteiger partial charge in [-0.15, -0.1) is 0 Å². The van der Waals surface area contributed by atoms with Crippen molar-refractivity contribution in [2.75, 3.05) is 24.6 Å². The minimum absolute atomic E-state index is 0.0112. The highest BCUT2D eigenvalue weighted by molar-refractivity contribution is 7.91. The van der Waals surface area contributed by atoms with Gasteiger partial charge in [-0.05, 0) is 25.8 Å². The molecule has 0 aromatic rings. The number of carbonyl (C=O) groups excluding carboxylic acids is 1. The third-order valence-corrected chi connectivity index (χ3v) is 5.87. The SMILES string of the molecule is O=C(O)CC1CCCCN1CC(=O)NC1CCS(=O)(=O)C1. The molecule has 2 rings (SSSR count). The number of sulfone groups is 1. The summed E-state index contributed by atoms with van der Waals surface area (Å²) in [5.41, 5.74) is 0. The number of piperidine rings is 1. The molecule has 21 heavy (non-hydrogen) atoms. The van der Waals surface area contributed by atoms with E-state index in [0.29, 0.717) is 13.0 Å². The van der Waals surface area contributed by atoms with Crippen LogP contribution in [-0.4, -0.2) is 67.0 Å². The van der Waals surface area contributed by atoms with Crippen molar-refractivity contribution in [3.63, 3.8) is 0 Å². The molecule has 1 amide bonds. The first-order chi connectivity index (χ1) is 9.85. The lowest BCUT2D eigenvalue weighted by Crippen LogP contribution is -2.48. The lowest BCUT2D eigenvalue weighted by Gasteiger charge is -2.34. The van der Waals surface area contributed by atoms with Crippen LogP contribution in [0.15, 0.2) is 0 Å². The van der Waals surface area contributed by atoms with Crippen molar-refractivity contribution in [3.05, 3.63) is 0 Å². The van der Waals surface area contributed by atoms with Crippen LogP contribution in [0, 0.1) is 0 Å². The van der Waals surface area contributed by atoms with E-state index in [1.165, 1.54) is 0 Å². The second kappa shape index (κ2) is 6.74. The minimum atomic E-state index is -3.01. The highest BCUT2D eigenvalue weighted by Crippen LogP contribution is 2.19. The van der Waals surface area contributed by atoms with Crippen LogP contribution in [0.25, 0.3) is 0 Å². The number of nitrogens with zero attached hydrogens (tertiary/aromatic N) is 1. The topological polar surface area (TPSA) is 104 Å². The van der Waals surface area contributed by atoms with E-state index in [9.17, 15) is 18.0 Å². The fourth-order valence-electron chi connectivity index (χ4n) is 3.07. The number of rotatable bonds is 5. The van der Waals surface area contributed by atoms with E-state index in [-0.39, 0.29) is 42.5 Å². The van der Waals surface area contributed by atoms with Gasteiger partial charge in [0.25, 0.3) is 0 Å². The van der Waals surface area contributed by atoms with E-state index < -0.39 is 15.8 Å². The molecule has 8 heteroatoms. The average Bonchev–Trinajstić information content (AvgIpc) is 2.70. The van der Waals surface area contributed by atoms with Gasteiger partial charge in [0.15, 0.2) is 9.84 Å². The molecule has 0 saturated carbocycles. The molecule has 2 unspecified atom stereocenters. The summed E-state index contributed by atoms with van der Waals surface area (Å²) >= 11 is 0. The summed E-state index contributed by atoms with van der Waals surface area (Å²) in [4.78, 5) is 24.8. The number of hydrogen-bond acceptors (Lipinski definition) is 5. The van der Waals surface area contributed by atoms with Crippen molar-refractivity contribution in [2.24, 2.45) is 0 Å². The minimum Gasteiger partial charge on any atom is -0.481 e. The van der Waals surface area contributed by atoms with E-state index in [1.54, 1.807) is 0 Å². The number of nitrogens with one attached hydrogen (secondary N) is 1. The molecular formula is C13H22N2O5S. The van der Waals surface area contributed by atoms with Crippen LogP contribution < -0.4 is 5.32 Å². The van der Waals surface area contributed by atoms with Gasteiger partial charge in [-0.25, -0.2) is 8.42 Å². The Kier molecular flexibility index (Phi) is 5.21. The average molecular weight is 318 g/mol. The molecule has 2 atom stereocenters. The first-order valence-electron chi connectivity index (χ1n) is 7.31. The maximum Gasteiger partial charge on any atom is 0.304 e. The zero-order valence-corrected chi connectivity index (χ0v) is 12.8. The molecule has 2 saturated heterocycles. The number of likely N-dealkylation sites (tertiary alicyclic amines) is 1. The molecule has 2 fully saturated rings. The largest absolute Gasteiger partial charge is 0.481 e. The van der Waals surface area contributed by atoms with Gasteiger partial charge in [-0.2, -0.15) is 0 Å². The molecule has 0 aliphatic carbocycles. The smallest absolute Gasteiger partial charge is 0.304 e. The Labute approximate surface area is 124 Å². The standard InChI is InChI=1S/C13H22N2O5S/c16-12(14-10-4-6-21(19,20)9-10)8-15-5-2-1-3-11(15)7-13(17)18/h10-11H,1-9H2,(H,14,16)(H,17,18). The summed E-state index contributed by atoms with van der Waals surface area (Å²) in [7, 11) is -3.01. The molecule has 7 nitrogen and oxygen atoms in total. The second-order valence-corrected chi connectivity index (χ2v) is 8.11. The van der Waals surface area contributed by atoms with E-state index in [4.69, 9.17) is 5.11 Å². The van der Waals surface area contributed by atoms with Crippen LogP contribution in [-0.2, 0) is 19.4 Å². The Morgan fingerprint density at radius 2 is 2.00 bits per heavy atom. The van der Waals surface area contributed by atoms with Crippen LogP contribution >= 0.6 is 0 Å². The number of carbonyl (C=O) groups is 2. The molecule has 0 spiro atoms. The van der Waals surface area contributed by atoms with Crippen LogP contribution in [0.2, 0.25) is 0 Å². The fraction of sp³-hybridized carbons (Fsp3) is 0.846. The summed E-state index contributed by atoms with van der Waals surface area (Å²) in [5.74, 6) is -0.927. The highest BCUT2D eigenvalue weighted by Gasteiger charge is 2.30. The number of amides is 1. The number of aliphatic carboxylic acids is 1. The maximum absolute atomic E-state index is 12.0. The summed E-state index contributed by atoms with van der Waals surface area (Å²) in [6, 6.07) is -0.403. The van der Waals surface area contributed by atoms with Crippen molar-refractivity contribution in [1.29, 1.82) is 0 Å². The van der Waals surface area contributed by atoms with Crippen molar-refractivity contribution in [3.8, 4) is 0 Å². The van der Waals surface area contributed by atoms with Crippen molar-refractivity contribution < 1.29 is 23.1 Å². The summed E-state index contributed by atoms with van der Waals surface area (Å²) in [6.07, 6.45) is 3.24. The normalized spacial score (nSPS) is 29.1. The first-order valence-corrected chi connectivity index (χ1v) is 9.13. The Morgan fingerprint density at radius 3 is 2.62 bits per heavy atom. The molecule has 2 aliphatic rings. The van der Waals surface area contributed by atoms with Gasteiger partial charge in [-0.1, -0.05) is 6.42 Å². The van der Waals surface area contributed by atoms with E-state index >= 15 is 0 Å². The first kappa shape index (κ1) is 16.2. The third kappa shape index (κ3) is 4.96. The molecule has 0 bridgehead atoms. The number of carboxylic acid groups (broad SMARTS) is 1. The highest BCUT2D eigenvalue weighted by atomic mass is 32.2. The second-order valence-electron chi connectivity index (χ2n) is 5.89. The van der Waals surface area contributed by atoms with Gasteiger partial charge in [0, 0.05) is 12.1 Å². The Bertz CT molecular complexity index is 505. The van der Waals surface area contributed by atoms with Gasteiger partial charge in [0.1, 0.15) is 0 Å². The molecule has 0 radical (unpaired) electrons. The van der Waals surface area contributed by atoms with Crippen LogP contribution in [0.4, 0.5) is 0 Å². The third-order valence-electron chi connectivity index (χ3n) is 4.10. The van der Waals surface area contributed by atoms with Crippen molar-refractivity contribution in [1.82, 2.24) is 10.2 Å². The monoisotopic (exact) mass is 318 g/mol. The van der Waals surface area contributed by atoms with Gasteiger partial charge in [0.05, 0.1) is 24.5 Å². The zero-order valence-electron chi connectivity index (χ0n) is 12.0. The Morgan fingerprint density at radius 1 is 1.24 bits per heavy atom. The molecule has 120 valence electrons. The van der Waals surface area contributed by atoms with Crippen molar-refractivity contribution in [2.45, 2.75) is 44.2 Å². The lowest BCUT2D eigenvalue weighted by atomic mass is 9.99. The predicted octanol–water partition coefficient (Wildman–Crippen LogP) is -0.381. The quantitative estimate of drug-likeness (QED) is 0.716. The molecular weight excluding hydrogens is 296 g/mol. The fourth-order valence-corrected chi connectivity index (χ4v) is 4.74. The van der Waals surface area contributed by atoms with E-state index in [2.05, 4.69) is 5.32 Å².